The first-order valence-corrected chi connectivity index (χ1v) is 4.05. The Kier molecular flexibility index (Phi) is 1.73. The van der Waals surface area contributed by atoms with E-state index in [4.69, 9.17) is 9.15 Å². The van der Waals surface area contributed by atoms with Crippen LogP contribution in [0.2, 0.25) is 0 Å². The maximum atomic E-state index is 5.19. The Hall–Kier alpha value is -1.10. The molecule has 0 bridgehead atoms. The van der Waals surface area contributed by atoms with E-state index in [2.05, 4.69) is 25.9 Å². The highest BCUT2D eigenvalue weighted by molar-refractivity contribution is 9.10. The highest BCUT2D eigenvalue weighted by Gasteiger charge is 2.08. The molecule has 2 aromatic rings. The number of ether oxygens (including phenoxy) is 1. The monoisotopic (exact) mass is 228 g/mol. The average Bonchev–Trinajstić information content (AvgIpc) is 2.49. The predicted molar refractivity (Wildman–Crippen MR) is 46.1 cm³/mol. The SMILES string of the molecule is COc1nc2c(Br)nccc2o1. The van der Waals surface area contributed by atoms with Crippen LogP contribution in [0.1, 0.15) is 0 Å². The van der Waals surface area contributed by atoms with Crippen molar-refractivity contribution in [3.63, 3.8) is 0 Å². The zero-order chi connectivity index (χ0) is 8.55. The summed E-state index contributed by atoms with van der Waals surface area (Å²) in [6.45, 7) is 0. The smallest absolute Gasteiger partial charge is 0.394 e. The minimum atomic E-state index is 0.249. The van der Waals surface area contributed by atoms with Gasteiger partial charge < -0.3 is 9.15 Å². The van der Waals surface area contributed by atoms with Gasteiger partial charge in [-0.05, 0) is 15.9 Å². The lowest BCUT2D eigenvalue weighted by atomic mass is 10.4. The summed E-state index contributed by atoms with van der Waals surface area (Å²) in [4.78, 5) is 8.03. The van der Waals surface area contributed by atoms with Gasteiger partial charge in [-0.3, -0.25) is 0 Å². The Labute approximate surface area is 76.7 Å². The van der Waals surface area contributed by atoms with Crippen LogP contribution >= 0.6 is 15.9 Å². The summed E-state index contributed by atoms with van der Waals surface area (Å²) < 4.78 is 10.7. The normalized spacial score (nSPS) is 10.5. The number of nitrogens with zero attached hydrogens (tertiary/aromatic N) is 2. The van der Waals surface area contributed by atoms with E-state index in [1.54, 1.807) is 12.3 Å². The van der Waals surface area contributed by atoms with Gasteiger partial charge in [0.15, 0.2) is 5.58 Å². The van der Waals surface area contributed by atoms with E-state index in [1.807, 2.05) is 0 Å². The van der Waals surface area contributed by atoms with E-state index in [0.29, 0.717) is 15.7 Å². The second-order valence-corrected chi connectivity index (χ2v) is 2.88. The number of hydrogen-bond acceptors (Lipinski definition) is 4. The van der Waals surface area contributed by atoms with Crippen molar-refractivity contribution in [3.05, 3.63) is 16.9 Å². The zero-order valence-corrected chi connectivity index (χ0v) is 7.83. The van der Waals surface area contributed by atoms with Crippen molar-refractivity contribution in [2.24, 2.45) is 0 Å². The van der Waals surface area contributed by atoms with Gasteiger partial charge in [0.2, 0.25) is 0 Å². The second-order valence-electron chi connectivity index (χ2n) is 2.13. The van der Waals surface area contributed by atoms with Crippen molar-refractivity contribution in [2.75, 3.05) is 7.11 Å². The van der Waals surface area contributed by atoms with Gasteiger partial charge in [0.25, 0.3) is 0 Å². The molecule has 0 aliphatic carbocycles. The van der Waals surface area contributed by atoms with Crippen molar-refractivity contribution in [1.82, 2.24) is 9.97 Å². The molecule has 0 atom stereocenters. The molecule has 12 heavy (non-hydrogen) atoms. The lowest BCUT2D eigenvalue weighted by Gasteiger charge is -1.85. The van der Waals surface area contributed by atoms with Crippen LogP contribution in [0.25, 0.3) is 11.1 Å². The van der Waals surface area contributed by atoms with Gasteiger partial charge in [0.05, 0.1) is 7.11 Å². The Morgan fingerprint density at radius 2 is 2.42 bits per heavy atom. The first-order valence-electron chi connectivity index (χ1n) is 3.26. The summed E-state index contributed by atoms with van der Waals surface area (Å²) in [6, 6.07) is 1.73. The molecule has 5 heteroatoms. The molecule has 0 spiro atoms. The third-order valence-corrected chi connectivity index (χ3v) is 2.00. The molecule has 0 saturated carbocycles. The molecule has 0 N–H and O–H groups in total. The molecule has 0 fully saturated rings. The summed E-state index contributed by atoms with van der Waals surface area (Å²) >= 11 is 3.25. The summed E-state index contributed by atoms with van der Waals surface area (Å²) in [6.07, 6.45) is 1.88. The van der Waals surface area contributed by atoms with Crippen LogP contribution in [-0.4, -0.2) is 17.1 Å². The van der Waals surface area contributed by atoms with Crippen molar-refractivity contribution in [1.29, 1.82) is 0 Å². The maximum absolute atomic E-state index is 5.19. The fourth-order valence-electron chi connectivity index (χ4n) is 0.891. The predicted octanol–water partition coefficient (Wildman–Crippen LogP) is 1.99. The highest BCUT2D eigenvalue weighted by atomic mass is 79.9. The van der Waals surface area contributed by atoms with E-state index < -0.39 is 0 Å². The number of oxazole rings is 1. The Bertz CT molecular complexity index is 413. The molecule has 0 radical (unpaired) electrons. The van der Waals surface area contributed by atoms with Gasteiger partial charge in [-0.2, -0.15) is 4.98 Å². The summed E-state index contributed by atoms with van der Waals surface area (Å²) in [7, 11) is 1.51. The maximum Gasteiger partial charge on any atom is 0.394 e. The van der Waals surface area contributed by atoms with E-state index in [0.717, 1.165) is 0 Å². The van der Waals surface area contributed by atoms with Gasteiger partial charge in [-0.25, -0.2) is 4.98 Å². The van der Waals surface area contributed by atoms with Crippen molar-refractivity contribution in [3.8, 4) is 6.08 Å². The molecule has 0 aliphatic heterocycles. The molecule has 62 valence electrons. The van der Waals surface area contributed by atoms with Crippen molar-refractivity contribution < 1.29 is 9.15 Å². The first kappa shape index (κ1) is 7.54. The highest BCUT2D eigenvalue weighted by Crippen LogP contribution is 2.24. The summed E-state index contributed by atoms with van der Waals surface area (Å²) in [5.41, 5.74) is 1.34. The summed E-state index contributed by atoms with van der Waals surface area (Å²) in [5.74, 6) is 0. The largest absolute Gasteiger partial charge is 0.453 e. The number of methoxy groups -OCH3 is 1. The molecule has 0 amide bonds. The number of fused-ring (bicyclic) bond motifs is 1. The van der Waals surface area contributed by atoms with Gasteiger partial charge in [-0.15, -0.1) is 0 Å². The molecule has 2 aromatic heterocycles. The van der Waals surface area contributed by atoms with Gasteiger partial charge in [-0.1, -0.05) is 0 Å². The van der Waals surface area contributed by atoms with Crippen molar-refractivity contribution in [2.45, 2.75) is 0 Å². The fourth-order valence-corrected chi connectivity index (χ4v) is 1.29. The molecule has 0 aromatic carbocycles. The lowest BCUT2D eigenvalue weighted by molar-refractivity contribution is 0.299. The molecule has 0 saturated heterocycles. The Morgan fingerprint density at radius 1 is 1.58 bits per heavy atom. The minimum Gasteiger partial charge on any atom is -0.453 e. The lowest BCUT2D eigenvalue weighted by Crippen LogP contribution is -1.80. The number of pyridine rings is 1. The number of hydrogen-bond donors (Lipinski definition) is 0. The Balaban J connectivity index is 2.74. The van der Waals surface area contributed by atoms with Crippen LogP contribution in [0.15, 0.2) is 21.3 Å². The van der Waals surface area contributed by atoms with Crippen LogP contribution in [0.4, 0.5) is 0 Å². The summed E-state index contributed by atoms with van der Waals surface area (Å²) in [5, 5.41) is 0. The molecule has 4 nitrogen and oxygen atoms in total. The van der Waals surface area contributed by atoms with Gasteiger partial charge in [0.1, 0.15) is 10.1 Å². The molecule has 2 heterocycles. The number of rotatable bonds is 1. The molecule has 0 aliphatic rings. The molecular formula is C7H5BrN2O2. The van der Waals surface area contributed by atoms with Crippen LogP contribution in [-0.2, 0) is 0 Å². The van der Waals surface area contributed by atoms with Crippen molar-refractivity contribution >= 4 is 27.0 Å². The average molecular weight is 229 g/mol. The van der Waals surface area contributed by atoms with Crippen LogP contribution in [0.3, 0.4) is 0 Å². The molecule has 0 unspecified atom stereocenters. The molecule has 2 rings (SSSR count). The third kappa shape index (κ3) is 1.06. The zero-order valence-electron chi connectivity index (χ0n) is 6.24. The third-order valence-electron chi connectivity index (χ3n) is 1.42. The number of aromatic nitrogens is 2. The minimum absolute atomic E-state index is 0.249. The van der Waals surface area contributed by atoms with Crippen LogP contribution < -0.4 is 4.74 Å². The topological polar surface area (TPSA) is 48.2 Å². The second kappa shape index (κ2) is 2.75. The van der Waals surface area contributed by atoms with E-state index in [9.17, 15) is 0 Å². The Morgan fingerprint density at radius 3 is 3.08 bits per heavy atom. The molecular weight excluding hydrogens is 224 g/mol. The quantitative estimate of drug-likeness (QED) is 0.701. The standard InChI is InChI=1S/C7H5BrN2O2/c1-11-7-10-5-4(12-7)2-3-9-6(5)8/h2-3H,1H3. The number of halogens is 1. The van der Waals surface area contributed by atoms with Crippen LogP contribution in [0, 0.1) is 0 Å². The van der Waals surface area contributed by atoms with E-state index in [-0.39, 0.29) is 6.08 Å². The van der Waals surface area contributed by atoms with Gasteiger partial charge in [0, 0.05) is 12.3 Å². The fraction of sp³-hybridized carbons (Fsp3) is 0.143. The van der Waals surface area contributed by atoms with E-state index in [1.165, 1.54) is 7.11 Å². The van der Waals surface area contributed by atoms with E-state index >= 15 is 0 Å². The van der Waals surface area contributed by atoms with Crippen LogP contribution in [0.5, 0.6) is 6.08 Å². The van der Waals surface area contributed by atoms with Gasteiger partial charge >= 0.3 is 6.08 Å². The first-order chi connectivity index (χ1) is 5.81.